The van der Waals surface area contributed by atoms with Crippen LogP contribution in [0.4, 0.5) is 10.1 Å². The number of piperidine rings is 1. The third-order valence-corrected chi connectivity index (χ3v) is 11.1. The van der Waals surface area contributed by atoms with Gasteiger partial charge in [-0.1, -0.05) is 43.7 Å². The number of carbonyl (C=O) groups excluding carboxylic acids is 2. The highest BCUT2D eigenvalue weighted by Gasteiger charge is 2.34. The second kappa shape index (κ2) is 13.7. The molecular weight excluding hydrogens is 579 g/mol. The Hall–Kier alpha value is -2.69. The fourth-order valence-electron chi connectivity index (χ4n) is 6.50. The van der Waals surface area contributed by atoms with E-state index in [1.165, 1.54) is 28.9 Å². The molecule has 0 radical (unpaired) electrons. The van der Waals surface area contributed by atoms with Crippen LogP contribution in [0.1, 0.15) is 56.9 Å². The maximum atomic E-state index is 13.6. The number of rotatable bonds is 10. The number of carbonyl (C=O) groups is 2. The largest absolute Gasteiger partial charge is 0.369 e. The van der Waals surface area contributed by atoms with Crippen molar-refractivity contribution in [2.45, 2.75) is 68.7 Å². The molecule has 2 heterocycles. The Labute approximate surface area is 253 Å². The van der Waals surface area contributed by atoms with Gasteiger partial charge in [0, 0.05) is 49.4 Å². The summed E-state index contributed by atoms with van der Waals surface area (Å²) < 4.78 is 41.1. The van der Waals surface area contributed by atoms with Crippen molar-refractivity contribution in [1.29, 1.82) is 0 Å². The van der Waals surface area contributed by atoms with Crippen molar-refractivity contribution in [3.63, 3.8) is 0 Å². The number of halogens is 2. The zero-order valence-corrected chi connectivity index (χ0v) is 25.4. The van der Waals surface area contributed by atoms with E-state index >= 15 is 0 Å². The lowest BCUT2D eigenvalue weighted by Crippen LogP contribution is -2.52. The van der Waals surface area contributed by atoms with Gasteiger partial charge in [0.1, 0.15) is 11.9 Å². The zero-order valence-electron chi connectivity index (χ0n) is 23.9. The van der Waals surface area contributed by atoms with E-state index in [-0.39, 0.29) is 41.5 Å². The number of hydrogen-bond acceptors (Lipinski definition) is 5. The molecule has 0 spiro atoms. The number of hydrogen-bond donors (Lipinski definition) is 2. The molecule has 1 saturated carbocycles. The molecule has 2 amide bonds. The lowest BCUT2D eigenvalue weighted by atomic mass is 9.84. The summed E-state index contributed by atoms with van der Waals surface area (Å²) in [6.07, 6.45) is 7.78. The molecule has 0 unspecified atom stereocenters. The van der Waals surface area contributed by atoms with Gasteiger partial charge in [0.2, 0.25) is 21.8 Å². The van der Waals surface area contributed by atoms with Crippen LogP contribution in [0, 0.1) is 17.7 Å². The van der Waals surface area contributed by atoms with Gasteiger partial charge in [-0.3, -0.25) is 9.59 Å². The summed E-state index contributed by atoms with van der Waals surface area (Å²) in [5.74, 6) is -0.578. The third-order valence-electron chi connectivity index (χ3n) is 8.92. The van der Waals surface area contributed by atoms with E-state index in [4.69, 9.17) is 11.6 Å². The molecule has 8 nitrogen and oxygen atoms in total. The van der Waals surface area contributed by atoms with E-state index in [0.29, 0.717) is 43.3 Å². The summed E-state index contributed by atoms with van der Waals surface area (Å²) in [5, 5.41) is 6.54. The molecule has 1 saturated heterocycles. The molecule has 42 heavy (non-hydrogen) atoms. The fourth-order valence-corrected chi connectivity index (χ4v) is 8.10. The van der Waals surface area contributed by atoms with Gasteiger partial charge in [0.05, 0.1) is 4.90 Å². The molecular formula is C31H40ClFN4O4S. The van der Waals surface area contributed by atoms with E-state index in [1.54, 1.807) is 24.3 Å². The van der Waals surface area contributed by atoms with Crippen molar-refractivity contribution in [1.82, 2.24) is 14.9 Å². The first-order chi connectivity index (χ1) is 20.2. The number of benzene rings is 2. The number of amides is 2. The molecule has 2 aromatic rings. The van der Waals surface area contributed by atoms with Crippen LogP contribution < -0.4 is 15.5 Å². The number of fused-ring (bicyclic) bond motifs is 1. The normalized spacial score (nSPS) is 19.3. The Bertz CT molecular complexity index is 1360. The standard InChI is InChI=1S/C31H40ClFN4O4S/c32-25-6-9-27(10-7-25)42(40,41)37-17-13-23(14-18-37)30(38)35-28(20-22-4-2-1-3-5-22)31(39)34-15-19-36-16-12-24-21-26(33)8-11-29(24)36/h6-11,21-23,28H,1-5,12-20H2,(H,34,39)(H,35,38)/t28-/m0/s1. The SMILES string of the molecule is O=C(N[C@@H](CC1CCCCC1)C(=O)NCCN1CCc2cc(F)ccc21)C1CCN(S(=O)(=O)c2ccc(Cl)cc2)CC1. The van der Waals surface area contributed by atoms with E-state index in [9.17, 15) is 22.4 Å². The van der Waals surface area contributed by atoms with E-state index in [0.717, 1.165) is 49.9 Å². The topological polar surface area (TPSA) is 98.8 Å². The molecule has 228 valence electrons. The molecule has 1 atom stereocenters. The molecule has 1 aliphatic carbocycles. The van der Waals surface area contributed by atoms with Crippen molar-refractivity contribution in [3.05, 3.63) is 58.9 Å². The van der Waals surface area contributed by atoms with Crippen LogP contribution in [0.2, 0.25) is 5.02 Å². The van der Waals surface area contributed by atoms with Crippen LogP contribution in [-0.4, -0.2) is 63.3 Å². The summed E-state index contributed by atoms with van der Waals surface area (Å²) in [6.45, 7) is 2.29. The van der Waals surface area contributed by atoms with Gasteiger partial charge in [-0.05, 0) is 79.6 Å². The van der Waals surface area contributed by atoms with E-state index in [2.05, 4.69) is 15.5 Å². The highest BCUT2D eigenvalue weighted by Crippen LogP contribution is 2.30. The summed E-state index contributed by atoms with van der Waals surface area (Å²) >= 11 is 5.91. The van der Waals surface area contributed by atoms with Gasteiger partial charge in [0.15, 0.2) is 0 Å². The van der Waals surface area contributed by atoms with Crippen LogP contribution >= 0.6 is 11.6 Å². The summed E-state index contributed by atoms with van der Waals surface area (Å²) in [6, 6.07) is 10.3. The van der Waals surface area contributed by atoms with Gasteiger partial charge in [-0.15, -0.1) is 0 Å². The molecule has 2 fully saturated rings. The summed E-state index contributed by atoms with van der Waals surface area (Å²) in [7, 11) is -3.67. The Morgan fingerprint density at radius 3 is 2.40 bits per heavy atom. The number of nitrogens with zero attached hydrogens (tertiary/aromatic N) is 2. The molecule has 5 rings (SSSR count). The Morgan fingerprint density at radius 2 is 1.69 bits per heavy atom. The van der Waals surface area contributed by atoms with Crippen LogP contribution in [0.25, 0.3) is 0 Å². The average molecular weight is 619 g/mol. The first-order valence-electron chi connectivity index (χ1n) is 15.1. The second-order valence-electron chi connectivity index (χ2n) is 11.7. The minimum atomic E-state index is -3.67. The van der Waals surface area contributed by atoms with Crippen molar-refractivity contribution < 1.29 is 22.4 Å². The fraction of sp³-hybridized carbons (Fsp3) is 0.548. The van der Waals surface area contributed by atoms with E-state index < -0.39 is 16.1 Å². The third kappa shape index (κ3) is 7.44. The highest BCUT2D eigenvalue weighted by atomic mass is 35.5. The molecule has 2 aliphatic heterocycles. The molecule has 2 aromatic carbocycles. The van der Waals surface area contributed by atoms with Gasteiger partial charge in [0.25, 0.3) is 0 Å². The van der Waals surface area contributed by atoms with Gasteiger partial charge in [-0.25, -0.2) is 12.8 Å². The molecule has 11 heteroatoms. The van der Waals surface area contributed by atoms with Crippen LogP contribution in [-0.2, 0) is 26.0 Å². The number of anilines is 1. The van der Waals surface area contributed by atoms with Crippen LogP contribution in [0.15, 0.2) is 47.4 Å². The monoisotopic (exact) mass is 618 g/mol. The maximum absolute atomic E-state index is 13.6. The molecule has 0 bridgehead atoms. The van der Waals surface area contributed by atoms with Crippen molar-refractivity contribution in [2.75, 3.05) is 37.6 Å². The van der Waals surface area contributed by atoms with Gasteiger partial charge in [-0.2, -0.15) is 4.31 Å². The van der Waals surface area contributed by atoms with Crippen LogP contribution in [0.5, 0.6) is 0 Å². The van der Waals surface area contributed by atoms with Crippen molar-refractivity contribution in [2.24, 2.45) is 11.8 Å². The Morgan fingerprint density at radius 1 is 0.976 bits per heavy atom. The first-order valence-corrected chi connectivity index (χ1v) is 16.9. The van der Waals surface area contributed by atoms with Crippen molar-refractivity contribution in [3.8, 4) is 0 Å². The Balaban J connectivity index is 1.16. The summed E-state index contributed by atoms with van der Waals surface area (Å²) in [4.78, 5) is 29.1. The second-order valence-corrected chi connectivity index (χ2v) is 14.1. The summed E-state index contributed by atoms with van der Waals surface area (Å²) in [5.41, 5.74) is 1.98. The number of nitrogens with one attached hydrogen (secondary N) is 2. The molecule has 2 N–H and O–H groups in total. The average Bonchev–Trinajstić information content (AvgIpc) is 3.39. The first kappa shape index (κ1) is 30.8. The molecule has 3 aliphatic rings. The minimum Gasteiger partial charge on any atom is -0.369 e. The molecule has 0 aromatic heterocycles. The quantitative estimate of drug-likeness (QED) is 0.408. The maximum Gasteiger partial charge on any atom is 0.243 e. The smallest absolute Gasteiger partial charge is 0.243 e. The van der Waals surface area contributed by atoms with Crippen LogP contribution in [0.3, 0.4) is 0 Å². The lowest BCUT2D eigenvalue weighted by molar-refractivity contribution is -0.132. The predicted octanol–water partition coefficient (Wildman–Crippen LogP) is 4.51. The minimum absolute atomic E-state index is 0.184. The Kier molecular flexibility index (Phi) is 10.1. The lowest BCUT2D eigenvalue weighted by Gasteiger charge is -2.32. The van der Waals surface area contributed by atoms with Gasteiger partial charge >= 0.3 is 0 Å². The van der Waals surface area contributed by atoms with Crippen molar-refractivity contribution >= 4 is 39.1 Å². The number of sulfonamides is 1. The van der Waals surface area contributed by atoms with Gasteiger partial charge < -0.3 is 15.5 Å². The highest BCUT2D eigenvalue weighted by molar-refractivity contribution is 7.89. The zero-order chi connectivity index (χ0) is 29.7. The predicted molar refractivity (Wildman–Crippen MR) is 161 cm³/mol. The van der Waals surface area contributed by atoms with E-state index in [1.807, 2.05) is 0 Å².